The van der Waals surface area contributed by atoms with E-state index in [9.17, 15) is 10.2 Å². The molecule has 3 atom stereocenters. The number of aliphatic hydroxyl groups excluding tert-OH is 2. The number of aliphatic hydroxyl groups is 2. The maximum atomic E-state index is 10.0. The van der Waals surface area contributed by atoms with Crippen molar-refractivity contribution in [2.24, 2.45) is 11.8 Å². The molecule has 1 saturated carbocycles. The Labute approximate surface area is 93.7 Å². The van der Waals surface area contributed by atoms with Crippen LogP contribution in [0, 0.1) is 11.8 Å². The lowest BCUT2D eigenvalue weighted by Gasteiger charge is -2.30. The SMILES string of the molecule is CCC(C)CC(O)C(O)C1CCCCC1. The molecule has 0 bridgehead atoms. The Bertz CT molecular complexity index is 164. The molecule has 0 aromatic carbocycles. The van der Waals surface area contributed by atoms with Crippen LogP contribution in [-0.4, -0.2) is 22.4 Å². The summed E-state index contributed by atoms with van der Waals surface area (Å²) in [6.07, 6.45) is 6.75. The van der Waals surface area contributed by atoms with Crippen molar-refractivity contribution in [3.05, 3.63) is 0 Å². The lowest BCUT2D eigenvalue weighted by atomic mass is 9.81. The van der Waals surface area contributed by atoms with Crippen molar-refractivity contribution in [1.29, 1.82) is 0 Å². The van der Waals surface area contributed by atoms with Crippen molar-refractivity contribution < 1.29 is 10.2 Å². The zero-order chi connectivity index (χ0) is 11.3. The summed E-state index contributed by atoms with van der Waals surface area (Å²) in [6, 6.07) is 0. The van der Waals surface area contributed by atoms with Crippen LogP contribution in [0.4, 0.5) is 0 Å². The molecule has 1 aliphatic carbocycles. The number of rotatable bonds is 5. The molecule has 0 saturated heterocycles. The molecule has 1 aliphatic rings. The van der Waals surface area contributed by atoms with Gasteiger partial charge in [0.15, 0.2) is 0 Å². The Morgan fingerprint density at radius 2 is 1.73 bits per heavy atom. The first-order valence-electron chi connectivity index (χ1n) is 6.51. The highest BCUT2D eigenvalue weighted by Crippen LogP contribution is 2.29. The average Bonchev–Trinajstić information content (AvgIpc) is 2.29. The van der Waals surface area contributed by atoms with Gasteiger partial charge >= 0.3 is 0 Å². The third-order valence-electron chi connectivity index (χ3n) is 3.87. The van der Waals surface area contributed by atoms with E-state index < -0.39 is 12.2 Å². The summed E-state index contributed by atoms with van der Waals surface area (Å²) < 4.78 is 0. The summed E-state index contributed by atoms with van der Waals surface area (Å²) in [4.78, 5) is 0. The molecule has 2 nitrogen and oxygen atoms in total. The van der Waals surface area contributed by atoms with E-state index >= 15 is 0 Å². The highest BCUT2D eigenvalue weighted by atomic mass is 16.3. The Hall–Kier alpha value is -0.0800. The van der Waals surface area contributed by atoms with E-state index in [2.05, 4.69) is 13.8 Å². The second kappa shape index (κ2) is 6.49. The zero-order valence-corrected chi connectivity index (χ0v) is 10.2. The summed E-state index contributed by atoms with van der Waals surface area (Å²) in [6.45, 7) is 4.27. The van der Waals surface area contributed by atoms with Gasteiger partial charge in [-0.05, 0) is 31.1 Å². The summed E-state index contributed by atoms with van der Waals surface area (Å²) >= 11 is 0. The second-order valence-electron chi connectivity index (χ2n) is 5.21. The molecule has 0 aromatic rings. The Balaban J connectivity index is 2.33. The van der Waals surface area contributed by atoms with Gasteiger partial charge in [-0.3, -0.25) is 0 Å². The van der Waals surface area contributed by atoms with Crippen molar-refractivity contribution >= 4 is 0 Å². The third-order valence-corrected chi connectivity index (χ3v) is 3.87. The van der Waals surface area contributed by atoms with Gasteiger partial charge in [0.05, 0.1) is 12.2 Å². The smallest absolute Gasteiger partial charge is 0.0827 e. The van der Waals surface area contributed by atoms with E-state index in [0.717, 1.165) is 25.7 Å². The first kappa shape index (κ1) is 13.0. The second-order valence-corrected chi connectivity index (χ2v) is 5.21. The minimum atomic E-state index is -0.511. The van der Waals surface area contributed by atoms with Gasteiger partial charge in [0.25, 0.3) is 0 Å². The van der Waals surface area contributed by atoms with Crippen LogP contribution in [0.1, 0.15) is 58.8 Å². The standard InChI is InChI=1S/C13H26O2/c1-3-10(2)9-12(14)13(15)11-7-5-4-6-8-11/h10-15H,3-9H2,1-2H3. The summed E-state index contributed by atoms with van der Waals surface area (Å²) in [5, 5.41) is 20.0. The molecule has 15 heavy (non-hydrogen) atoms. The molecule has 1 rings (SSSR count). The van der Waals surface area contributed by atoms with E-state index in [-0.39, 0.29) is 0 Å². The van der Waals surface area contributed by atoms with Crippen LogP contribution in [0.15, 0.2) is 0 Å². The zero-order valence-electron chi connectivity index (χ0n) is 10.2. The van der Waals surface area contributed by atoms with Crippen molar-refractivity contribution in [2.75, 3.05) is 0 Å². The van der Waals surface area contributed by atoms with Gasteiger partial charge in [-0.25, -0.2) is 0 Å². The highest BCUT2D eigenvalue weighted by Gasteiger charge is 2.28. The Morgan fingerprint density at radius 3 is 2.27 bits per heavy atom. The molecule has 3 unspecified atom stereocenters. The quantitative estimate of drug-likeness (QED) is 0.738. The van der Waals surface area contributed by atoms with Gasteiger partial charge in [-0.2, -0.15) is 0 Å². The topological polar surface area (TPSA) is 40.5 Å². The first-order chi connectivity index (χ1) is 7.15. The van der Waals surface area contributed by atoms with E-state index in [1.165, 1.54) is 19.3 Å². The predicted octanol–water partition coefficient (Wildman–Crippen LogP) is 2.72. The minimum absolute atomic E-state index is 0.345. The third kappa shape index (κ3) is 4.12. The molecule has 0 radical (unpaired) electrons. The normalized spacial score (nSPS) is 24.8. The van der Waals surface area contributed by atoms with Gasteiger partial charge in [0, 0.05) is 0 Å². The van der Waals surface area contributed by atoms with Crippen LogP contribution < -0.4 is 0 Å². The van der Waals surface area contributed by atoms with E-state index in [0.29, 0.717) is 11.8 Å². The van der Waals surface area contributed by atoms with Crippen LogP contribution in [0.25, 0.3) is 0 Å². The molecule has 1 fully saturated rings. The molecule has 2 N–H and O–H groups in total. The largest absolute Gasteiger partial charge is 0.390 e. The van der Waals surface area contributed by atoms with E-state index in [4.69, 9.17) is 0 Å². The van der Waals surface area contributed by atoms with Crippen molar-refractivity contribution in [3.63, 3.8) is 0 Å². The minimum Gasteiger partial charge on any atom is -0.390 e. The van der Waals surface area contributed by atoms with Gasteiger partial charge in [-0.15, -0.1) is 0 Å². The summed E-state index contributed by atoms with van der Waals surface area (Å²) in [5.74, 6) is 0.857. The molecular weight excluding hydrogens is 188 g/mol. The van der Waals surface area contributed by atoms with Gasteiger partial charge in [0.2, 0.25) is 0 Å². The molecule has 90 valence electrons. The molecule has 0 aliphatic heterocycles. The molecule has 0 spiro atoms. The molecule has 0 amide bonds. The average molecular weight is 214 g/mol. The fourth-order valence-electron chi connectivity index (χ4n) is 2.51. The van der Waals surface area contributed by atoms with Crippen LogP contribution in [0.5, 0.6) is 0 Å². The van der Waals surface area contributed by atoms with Gasteiger partial charge in [0.1, 0.15) is 0 Å². The monoisotopic (exact) mass is 214 g/mol. The van der Waals surface area contributed by atoms with Crippen molar-refractivity contribution in [2.45, 2.75) is 71.0 Å². The van der Waals surface area contributed by atoms with Crippen molar-refractivity contribution in [3.8, 4) is 0 Å². The number of hydrogen-bond donors (Lipinski definition) is 2. The van der Waals surface area contributed by atoms with Crippen LogP contribution in [0.2, 0.25) is 0 Å². The van der Waals surface area contributed by atoms with Gasteiger partial charge in [-0.1, -0.05) is 39.5 Å². The van der Waals surface area contributed by atoms with E-state index in [1.807, 2.05) is 0 Å². The van der Waals surface area contributed by atoms with E-state index in [1.54, 1.807) is 0 Å². The Morgan fingerprint density at radius 1 is 1.13 bits per heavy atom. The predicted molar refractivity (Wildman–Crippen MR) is 62.7 cm³/mol. The fraction of sp³-hybridized carbons (Fsp3) is 1.00. The van der Waals surface area contributed by atoms with Crippen molar-refractivity contribution in [1.82, 2.24) is 0 Å². The molecular formula is C13H26O2. The van der Waals surface area contributed by atoms with Crippen LogP contribution in [-0.2, 0) is 0 Å². The molecule has 0 aromatic heterocycles. The lowest BCUT2D eigenvalue weighted by Crippen LogP contribution is -2.35. The Kier molecular flexibility index (Phi) is 5.62. The fourth-order valence-corrected chi connectivity index (χ4v) is 2.51. The molecule has 0 heterocycles. The maximum Gasteiger partial charge on any atom is 0.0827 e. The van der Waals surface area contributed by atoms with Crippen LogP contribution in [0.3, 0.4) is 0 Å². The first-order valence-corrected chi connectivity index (χ1v) is 6.51. The van der Waals surface area contributed by atoms with Crippen LogP contribution >= 0.6 is 0 Å². The molecule has 2 heteroatoms. The summed E-state index contributed by atoms with van der Waals surface area (Å²) in [7, 11) is 0. The van der Waals surface area contributed by atoms with Gasteiger partial charge < -0.3 is 10.2 Å². The highest BCUT2D eigenvalue weighted by molar-refractivity contribution is 4.79. The number of hydrogen-bond acceptors (Lipinski definition) is 2. The lowest BCUT2D eigenvalue weighted by molar-refractivity contribution is -0.0366. The summed E-state index contributed by atoms with van der Waals surface area (Å²) in [5.41, 5.74) is 0. The maximum absolute atomic E-state index is 10.0.